The zero-order chi connectivity index (χ0) is 15.8. The van der Waals surface area contributed by atoms with Gasteiger partial charge in [-0.3, -0.25) is 4.90 Å². The number of hydrogen-bond donors (Lipinski definition) is 1. The third-order valence-electron chi connectivity index (χ3n) is 4.71. The average Bonchev–Trinajstić information content (AvgIpc) is 2.50. The molecular formula is C19H34N2. The lowest BCUT2D eigenvalue weighted by Gasteiger charge is -2.32. The topological polar surface area (TPSA) is 15.3 Å². The second kappa shape index (κ2) is 9.22. The molecule has 120 valence electrons. The minimum Gasteiger partial charge on any atom is -0.312 e. The highest BCUT2D eigenvalue weighted by Crippen LogP contribution is 2.20. The van der Waals surface area contributed by atoms with Crippen LogP contribution in [0.25, 0.3) is 0 Å². The van der Waals surface area contributed by atoms with Gasteiger partial charge in [-0.1, -0.05) is 38.5 Å². The van der Waals surface area contributed by atoms with Gasteiger partial charge in [0.05, 0.1) is 0 Å². The summed E-state index contributed by atoms with van der Waals surface area (Å²) in [5.74, 6) is 0. The summed E-state index contributed by atoms with van der Waals surface area (Å²) in [7, 11) is 2.08. The SMILES string of the molecule is CCCCN(CC(NC)c1ccc(C)c(C)c1)C(C)CC. The van der Waals surface area contributed by atoms with Crippen LogP contribution in [0, 0.1) is 13.8 Å². The number of unbranched alkanes of at least 4 members (excludes halogenated alkanes) is 1. The predicted octanol–water partition coefficient (Wildman–Crippen LogP) is 4.46. The molecule has 2 atom stereocenters. The fourth-order valence-electron chi connectivity index (χ4n) is 2.69. The van der Waals surface area contributed by atoms with Crippen molar-refractivity contribution in [3.8, 4) is 0 Å². The molecule has 1 aromatic carbocycles. The standard InChI is InChI=1S/C19H34N2/c1-7-9-12-21(17(5)8-2)14-19(20-6)18-11-10-15(3)16(4)13-18/h10-11,13,17,19-20H,7-9,12,14H2,1-6H3. The van der Waals surface area contributed by atoms with Crippen molar-refractivity contribution < 1.29 is 0 Å². The molecule has 0 bridgehead atoms. The number of nitrogens with one attached hydrogen (secondary N) is 1. The Labute approximate surface area is 131 Å². The van der Waals surface area contributed by atoms with Crippen molar-refractivity contribution in [1.29, 1.82) is 0 Å². The van der Waals surface area contributed by atoms with Crippen molar-refractivity contribution in [2.24, 2.45) is 0 Å². The molecule has 1 aromatic rings. The van der Waals surface area contributed by atoms with Crippen LogP contribution >= 0.6 is 0 Å². The zero-order valence-electron chi connectivity index (χ0n) is 14.9. The molecule has 0 aromatic heterocycles. The lowest BCUT2D eigenvalue weighted by atomic mass is 10.00. The monoisotopic (exact) mass is 290 g/mol. The molecule has 0 spiro atoms. The number of benzene rings is 1. The van der Waals surface area contributed by atoms with Crippen LogP contribution in [-0.2, 0) is 0 Å². The normalized spacial score (nSPS) is 14.4. The van der Waals surface area contributed by atoms with Crippen molar-refractivity contribution in [1.82, 2.24) is 10.2 Å². The minimum atomic E-state index is 0.412. The number of hydrogen-bond acceptors (Lipinski definition) is 2. The number of rotatable bonds is 9. The summed E-state index contributed by atoms with van der Waals surface area (Å²) >= 11 is 0. The molecule has 0 saturated carbocycles. The fraction of sp³-hybridized carbons (Fsp3) is 0.684. The third-order valence-corrected chi connectivity index (χ3v) is 4.71. The Morgan fingerprint density at radius 1 is 1.14 bits per heavy atom. The lowest BCUT2D eigenvalue weighted by molar-refractivity contribution is 0.182. The molecule has 0 saturated heterocycles. The van der Waals surface area contributed by atoms with Crippen LogP contribution in [-0.4, -0.2) is 31.1 Å². The highest BCUT2D eigenvalue weighted by molar-refractivity contribution is 5.31. The number of likely N-dealkylation sites (N-methyl/N-ethyl adjacent to an activating group) is 1. The molecule has 0 amide bonds. The Hall–Kier alpha value is -0.860. The fourth-order valence-corrected chi connectivity index (χ4v) is 2.69. The van der Waals surface area contributed by atoms with Crippen LogP contribution in [0.4, 0.5) is 0 Å². The summed E-state index contributed by atoms with van der Waals surface area (Å²) in [6.07, 6.45) is 3.77. The molecule has 2 nitrogen and oxygen atoms in total. The van der Waals surface area contributed by atoms with Gasteiger partial charge >= 0.3 is 0 Å². The van der Waals surface area contributed by atoms with Gasteiger partial charge in [0.1, 0.15) is 0 Å². The molecule has 0 heterocycles. The van der Waals surface area contributed by atoms with Crippen LogP contribution in [0.5, 0.6) is 0 Å². The van der Waals surface area contributed by atoms with E-state index >= 15 is 0 Å². The summed E-state index contributed by atoms with van der Waals surface area (Å²) < 4.78 is 0. The molecule has 21 heavy (non-hydrogen) atoms. The van der Waals surface area contributed by atoms with E-state index in [0.29, 0.717) is 12.1 Å². The van der Waals surface area contributed by atoms with Gasteiger partial charge in [-0.2, -0.15) is 0 Å². The summed E-state index contributed by atoms with van der Waals surface area (Å²) in [4.78, 5) is 2.64. The maximum absolute atomic E-state index is 3.51. The first kappa shape index (κ1) is 18.2. The minimum absolute atomic E-state index is 0.412. The number of aryl methyl sites for hydroxylation is 2. The molecule has 0 aliphatic heterocycles. The summed E-state index contributed by atoms with van der Waals surface area (Å²) in [6, 6.07) is 7.92. The van der Waals surface area contributed by atoms with E-state index in [0.717, 1.165) is 6.54 Å². The molecular weight excluding hydrogens is 256 g/mol. The van der Waals surface area contributed by atoms with Gasteiger partial charge in [-0.15, -0.1) is 0 Å². The van der Waals surface area contributed by atoms with Crippen molar-refractivity contribution in [3.63, 3.8) is 0 Å². The van der Waals surface area contributed by atoms with Crippen molar-refractivity contribution >= 4 is 0 Å². The highest BCUT2D eigenvalue weighted by Gasteiger charge is 2.18. The Morgan fingerprint density at radius 2 is 1.86 bits per heavy atom. The van der Waals surface area contributed by atoms with Gasteiger partial charge in [0.15, 0.2) is 0 Å². The maximum Gasteiger partial charge on any atom is 0.0447 e. The first-order valence-corrected chi connectivity index (χ1v) is 8.51. The van der Waals surface area contributed by atoms with E-state index in [9.17, 15) is 0 Å². The van der Waals surface area contributed by atoms with Gasteiger partial charge < -0.3 is 5.32 Å². The van der Waals surface area contributed by atoms with Gasteiger partial charge in [0, 0.05) is 18.6 Å². The maximum atomic E-state index is 3.51. The summed E-state index contributed by atoms with van der Waals surface area (Å²) in [5, 5.41) is 3.51. The molecule has 2 heteroatoms. The van der Waals surface area contributed by atoms with Crippen molar-refractivity contribution in [3.05, 3.63) is 34.9 Å². The van der Waals surface area contributed by atoms with Crippen LogP contribution < -0.4 is 5.32 Å². The van der Waals surface area contributed by atoms with E-state index in [-0.39, 0.29) is 0 Å². The second-order valence-corrected chi connectivity index (χ2v) is 6.29. The van der Waals surface area contributed by atoms with Crippen molar-refractivity contribution in [2.75, 3.05) is 20.1 Å². The molecule has 0 radical (unpaired) electrons. The smallest absolute Gasteiger partial charge is 0.0447 e. The Morgan fingerprint density at radius 3 is 2.38 bits per heavy atom. The van der Waals surface area contributed by atoms with E-state index in [1.54, 1.807) is 0 Å². The van der Waals surface area contributed by atoms with Crippen LogP contribution in [0.1, 0.15) is 62.8 Å². The van der Waals surface area contributed by atoms with E-state index in [2.05, 4.69) is 70.1 Å². The molecule has 1 rings (SSSR count). The Bertz CT molecular complexity index is 414. The highest BCUT2D eigenvalue weighted by atomic mass is 15.2. The first-order chi connectivity index (χ1) is 10.0. The van der Waals surface area contributed by atoms with Crippen LogP contribution in [0.3, 0.4) is 0 Å². The molecule has 0 aliphatic rings. The van der Waals surface area contributed by atoms with Crippen LogP contribution in [0.2, 0.25) is 0 Å². The first-order valence-electron chi connectivity index (χ1n) is 8.51. The van der Waals surface area contributed by atoms with Crippen molar-refractivity contribution in [2.45, 2.75) is 66.0 Å². The molecule has 2 unspecified atom stereocenters. The average molecular weight is 290 g/mol. The number of nitrogens with zero attached hydrogens (tertiary/aromatic N) is 1. The van der Waals surface area contributed by atoms with E-state index in [1.165, 1.54) is 42.5 Å². The van der Waals surface area contributed by atoms with Gasteiger partial charge in [0.25, 0.3) is 0 Å². The quantitative estimate of drug-likeness (QED) is 0.722. The summed E-state index contributed by atoms with van der Waals surface area (Å²) in [5.41, 5.74) is 4.17. The van der Waals surface area contributed by atoms with Gasteiger partial charge in [-0.25, -0.2) is 0 Å². The van der Waals surface area contributed by atoms with Gasteiger partial charge in [0.2, 0.25) is 0 Å². The van der Waals surface area contributed by atoms with E-state index in [1.807, 2.05) is 0 Å². The summed E-state index contributed by atoms with van der Waals surface area (Å²) in [6.45, 7) is 13.6. The zero-order valence-corrected chi connectivity index (χ0v) is 14.9. The second-order valence-electron chi connectivity index (χ2n) is 6.29. The Balaban J connectivity index is 2.83. The van der Waals surface area contributed by atoms with E-state index < -0.39 is 0 Å². The van der Waals surface area contributed by atoms with Gasteiger partial charge in [-0.05, 0) is 63.9 Å². The predicted molar refractivity (Wildman–Crippen MR) is 94.0 cm³/mol. The molecule has 0 fully saturated rings. The molecule has 1 N–H and O–H groups in total. The Kier molecular flexibility index (Phi) is 7.98. The molecule has 0 aliphatic carbocycles. The lowest BCUT2D eigenvalue weighted by Crippen LogP contribution is -2.40. The van der Waals surface area contributed by atoms with Crippen LogP contribution in [0.15, 0.2) is 18.2 Å². The van der Waals surface area contributed by atoms with E-state index in [4.69, 9.17) is 0 Å². The largest absolute Gasteiger partial charge is 0.312 e. The third kappa shape index (κ3) is 5.44.